The molecule has 0 aromatic heterocycles. The third-order valence-corrected chi connectivity index (χ3v) is 6.59. The van der Waals surface area contributed by atoms with Crippen molar-refractivity contribution in [2.45, 2.75) is 20.0 Å². The lowest BCUT2D eigenvalue weighted by Gasteiger charge is -2.26. The molecule has 0 aliphatic carbocycles. The highest BCUT2D eigenvalue weighted by Gasteiger charge is 2.19. The molecule has 0 atom stereocenters. The molecule has 0 aliphatic heterocycles. The third-order valence-electron chi connectivity index (χ3n) is 3.99. The Kier molecular flexibility index (Phi) is 6.59. The fraction of sp³-hybridized carbons (Fsp3) is 0.143. The van der Waals surface area contributed by atoms with Crippen molar-refractivity contribution in [1.29, 1.82) is 0 Å². The molecule has 0 spiro atoms. The van der Waals surface area contributed by atoms with Crippen LogP contribution in [0.2, 0.25) is 0 Å². The number of nitrogens with one attached hydrogen (secondary N) is 2. The van der Waals surface area contributed by atoms with Crippen LogP contribution in [0.15, 0.2) is 84.9 Å². The van der Waals surface area contributed by atoms with Crippen LogP contribution in [0, 0.1) is 6.92 Å². The van der Waals surface area contributed by atoms with E-state index < -0.39 is 6.57 Å². The van der Waals surface area contributed by atoms with Gasteiger partial charge in [0.15, 0.2) is 0 Å². The molecule has 0 aliphatic rings. The first-order valence-electron chi connectivity index (χ1n) is 8.58. The van der Waals surface area contributed by atoms with Crippen molar-refractivity contribution in [2.24, 2.45) is 0 Å². The highest BCUT2D eigenvalue weighted by Crippen LogP contribution is 2.41. The van der Waals surface area contributed by atoms with Crippen LogP contribution >= 0.6 is 6.57 Å². The predicted molar refractivity (Wildman–Crippen MR) is 113 cm³/mol. The lowest BCUT2D eigenvalue weighted by atomic mass is 10.2. The van der Waals surface area contributed by atoms with Crippen LogP contribution in [0.5, 0.6) is 5.75 Å². The van der Waals surface area contributed by atoms with Crippen molar-refractivity contribution < 1.29 is 4.52 Å². The summed E-state index contributed by atoms with van der Waals surface area (Å²) >= 11 is 5.91. The molecule has 0 bridgehead atoms. The minimum atomic E-state index is -2.47. The largest absolute Gasteiger partial charge is 0.441 e. The molecule has 26 heavy (non-hydrogen) atoms. The van der Waals surface area contributed by atoms with E-state index in [9.17, 15) is 0 Å². The van der Waals surface area contributed by atoms with E-state index in [1.165, 1.54) is 11.1 Å². The monoisotopic (exact) mass is 382 g/mol. The normalized spacial score (nSPS) is 11.3. The second-order valence-electron chi connectivity index (χ2n) is 6.05. The van der Waals surface area contributed by atoms with Crippen LogP contribution in [-0.2, 0) is 24.9 Å². The summed E-state index contributed by atoms with van der Waals surface area (Å²) in [5.74, 6) is 0.817. The van der Waals surface area contributed by atoms with E-state index in [4.69, 9.17) is 16.3 Å². The summed E-state index contributed by atoms with van der Waals surface area (Å²) in [4.78, 5) is 0. The maximum Gasteiger partial charge on any atom is 0.248 e. The molecule has 0 saturated heterocycles. The van der Waals surface area contributed by atoms with Gasteiger partial charge in [-0.1, -0.05) is 78.9 Å². The molecule has 3 aromatic rings. The van der Waals surface area contributed by atoms with E-state index in [0.717, 1.165) is 11.3 Å². The second-order valence-corrected chi connectivity index (χ2v) is 9.51. The lowest BCUT2D eigenvalue weighted by molar-refractivity contribution is 0.571. The molecule has 0 radical (unpaired) electrons. The van der Waals surface area contributed by atoms with E-state index in [-0.39, 0.29) is 0 Å². The standard InChI is InChI=1S/C21H23N2OPS/c1-18-10-8-9-15-21(18)24-25(26,22-16-19-11-4-2-5-12-19)23-17-20-13-6-3-7-14-20/h2-15H,16-17H2,1H3,(H2,22,23,26). The van der Waals surface area contributed by atoms with Crippen molar-refractivity contribution in [3.63, 3.8) is 0 Å². The Hall–Kier alpha value is -1.97. The van der Waals surface area contributed by atoms with Crippen LogP contribution in [-0.4, -0.2) is 0 Å². The molecule has 0 amide bonds. The Morgan fingerprint density at radius 1 is 0.731 bits per heavy atom. The minimum Gasteiger partial charge on any atom is -0.441 e. The molecule has 2 N–H and O–H groups in total. The van der Waals surface area contributed by atoms with Crippen molar-refractivity contribution in [1.82, 2.24) is 10.2 Å². The summed E-state index contributed by atoms with van der Waals surface area (Å²) in [6, 6.07) is 28.4. The van der Waals surface area contributed by atoms with Crippen LogP contribution in [0.25, 0.3) is 0 Å². The SMILES string of the molecule is Cc1ccccc1OP(=S)(NCc1ccccc1)NCc1ccccc1. The first-order valence-corrected chi connectivity index (χ1v) is 11.3. The zero-order chi connectivity index (χ0) is 18.2. The maximum atomic E-state index is 6.28. The number of benzene rings is 3. The van der Waals surface area contributed by atoms with Crippen molar-refractivity contribution in [3.05, 3.63) is 102 Å². The van der Waals surface area contributed by atoms with Gasteiger partial charge in [0.25, 0.3) is 0 Å². The van der Waals surface area contributed by atoms with Crippen molar-refractivity contribution in [3.8, 4) is 5.75 Å². The molecule has 0 heterocycles. The Bertz CT molecular complexity index is 824. The number of rotatable bonds is 8. The van der Waals surface area contributed by atoms with Crippen LogP contribution in [0.4, 0.5) is 0 Å². The molecule has 134 valence electrons. The molecule has 5 heteroatoms. The summed E-state index contributed by atoms with van der Waals surface area (Å²) in [6.07, 6.45) is 0. The van der Waals surface area contributed by atoms with E-state index in [1.807, 2.05) is 67.6 Å². The fourth-order valence-electron chi connectivity index (χ4n) is 2.50. The Balaban J connectivity index is 1.75. The number of hydrogen-bond donors (Lipinski definition) is 2. The van der Waals surface area contributed by atoms with Gasteiger partial charge in [-0.15, -0.1) is 0 Å². The summed E-state index contributed by atoms with van der Waals surface area (Å²) in [7, 11) is 0. The lowest BCUT2D eigenvalue weighted by Crippen LogP contribution is -2.25. The average Bonchev–Trinajstić information content (AvgIpc) is 2.69. The Morgan fingerprint density at radius 3 is 1.69 bits per heavy atom. The smallest absolute Gasteiger partial charge is 0.248 e. The molecule has 3 nitrogen and oxygen atoms in total. The van der Waals surface area contributed by atoms with Crippen molar-refractivity contribution in [2.75, 3.05) is 0 Å². The highest BCUT2D eigenvalue weighted by molar-refractivity contribution is 8.10. The van der Waals surface area contributed by atoms with Crippen LogP contribution in [0.3, 0.4) is 0 Å². The quantitative estimate of drug-likeness (QED) is 0.526. The molecule has 0 saturated carbocycles. The zero-order valence-electron chi connectivity index (χ0n) is 14.8. The fourth-order valence-corrected chi connectivity index (χ4v) is 4.63. The third kappa shape index (κ3) is 5.52. The second kappa shape index (κ2) is 9.11. The van der Waals surface area contributed by atoms with Gasteiger partial charge in [-0.2, -0.15) is 0 Å². The topological polar surface area (TPSA) is 33.3 Å². The van der Waals surface area contributed by atoms with Gasteiger partial charge in [0, 0.05) is 13.1 Å². The predicted octanol–water partition coefficient (Wildman–Crippen LogP) is 5.18. The molecule has 3 aromatic carbocycles. The molecule has 0 unspecified atom stereocenters. The van der Waals surface area contributed by atoms with Gasteiger partial charge >= 0.3 is 0 Å². The summed E-state index contributed by atoms with van der Waals surface area (Å²) in [6.45, 7) is 0.882. The average molecular weight is 382 g/mol. The Labute approximate surface area is 160 Å². The molecule has 3 rings (SSSR count). The van der Waals surface area contributed by atoms with E-state index in [0.29, 0.717) is 13.1 Å². The van der Waals surface area contributed by atoms with Gasteiger partial charge in [-0.05, 0) is 41.5 Å². The van der Waals surface area contributed by atoms with Crippen LogP contribution in [0.1, 0.15) is 16.7 Å². The summed E-state index contributed by atoms with van der Waals surface area (Å²) < 4.78 is 6.28. The first kappa shape index (κ1) is 18.8. The number of hydrogen-bond acceptors (Lipinski definition) is 2. The van der Waals surface area contributed by atoms with Gasteiger partial charge in [0.2, 0.25) is 6.57 Å². The maximum absolute atomic E-state index is 6.28. The molecular formula is C21H23N2OPS. The molecular weight excluding hydrogens is 359 g/mol. The van der Waals surface area contributed by atoms with Crippen molar-refractivity contribution >= 4 is 18.4 Å². The zero-order valence-corrected chi connectivity index (χ0v) is 16.5. The summed E-state index contributed by atoms with van der Waals surface area (Å²) in [5, 5.41) is 6.90. The van der Waals surface area contributed by atoms with E-state index >= 15 is 0 Å². The highest BCUT2D eigenvalue weighted by atomic mass is 32.4. The van der Waals surface area contributed by atoms with Gasteiger partial charge in [-0.3, -0.25) is 0 Å². The first-order chi connectivity index (χ1) is 12.6. The Morgan fingerprint density at radius 2 is 1.19 bits per heavy atom. The molecule has 0 fully saturated rings. The van der Waals surface area contributed by atoms with Crippen LogP contribution < -0.4 is 14.7 Å². The summed E-state index contributed by atoms with van der Waals surface area (Å²) in [5.41, 5.74) is 3.43. The number of aryl methyl sites for hydroxylation is 1. The van der Waals surface area contributed by atoms with Gasteiger partial charge in [0.1, 0.15) is 5.75 Å². The van der Waals surface area contributed by atoms with E-state index in [2.05, 4.69) is 34.4 Å². The minimum absolute atomic E-state index is 0.659. The van der Waals surface area contributed by atoms with Gasteiger partial charge < -0.3 is 4.52 Å². The van der Waals surface area contributed by atoms with Gasteiger partial charge in [0.05, 0.1) is 0 Å². The number of para-hydroxylation sites is 1. The van der Waals surface area contributed by atoms with Gasteiger partial charge in [-0.25, -0.2) is 10.2 Å². The van der Waals surface area contributed by atoms with E-state index in [1.54, 1.807) is 0 Å².